The highest BCUT2D eigenvalue weighted by Crippen LogP contribution is 2.07. The van der Waals surface area contributed by atoms with E-state index >= 15 is 0 Å². The molecular formula is C12H20N2O2. The highest BCUT2D eigenvalue weighted by atomic mass is 16.7. The van der Waals surface area contributed by atoms with Gasteiger partial charge in [0.2, 0.25) is 0 Å². The molecule has 1 unspecified atom stereocenters. The van der Waals surface area contributed by atoms with Gasteiger partial charge in [-0.25, -0.2) is 0 Å². The first-order valence-corrected chi connectivity index (χ1v) is 5.65. The van der Waals surface area contributed by atoms with Crippen LogP contribution in [0.1, 0.15) is 19.4 Å². The van der Waals surface area contributed by atoms with Crippen molar-refractivity contribution in [1.29, 1.82) is 0 Å². The lowest BCUT2D eigenvalue weighted by atomic mass is 10.1. The summed E-state index contributed by atoms with van der Waals surface area (Å²) in [5, 5.41) is 0. The number of nitrogens with two attached hydrogens (primary N) is 1. The van der Waals surface area contributed by atoms with Crippen LogP contribution in [-0.2, 0) is 15.9 Å². The molecule has 0 saturated heterocycles. The highest BCUT2D eigenvalue weighted by Gasteiger charge is 2.18. The van der Waals surface area contributed by atoms with Gasteiger partial charge in [-0.1, -0.05) is 0 Å². The zero-order chi connectivity index (χ0) is 11.8. The molecule has 1 aromatic heterocycles. The van der Waals surface area contributed by atoms with Crippen molar-refractivity contribution in [3.8, 4) is 0 Å². The normalized spacial score (nSPS) is 13.0. The fourth-order valence-electron chi connectivity index (χ4n) is 1.51. The molecule has 0 spiro atoms. The first-order valence-electron chi connectivity index (χ1n) is 5.65. The fraction of sp³-hybridized carbons (Fsp3) is 0.583. The zero-order valence-corrected chi connectivity index (χ0v) is 9.93. The smallest absolute Gasteiger partial charge is 0.172 e. The van der Waals surface area contributed by atoms with Gasteiger partial charge in [0.15, 0.2) is 6.29 Å². The molecule has 4 heteroatoms. The van der Waals surface area contributed by atoms with Gasteiger partial charge >= 0.3 is 0 Å². The Morgan fingerprint density at radius 3 is 2.25 bits per heavy atom. The van der Waals surface area contributed by atoms with Crippen molar-refractivity contribution in [2.24, 2.45) is 5.73 Å². The van der Waals surface area contributed by atoms with E-state index in [9.17, 15) is 0 Å². The minimum absolute atomic E-state index is 0.151. The van der Waals surface area contributed by atoms with Crippen molar-refractivity contribution in [2.75, 3.05) is 13.2 Å². The van der Waals surface area contributed by atoms with E-state index in [0.29, 0.717) is 13.2 Å². The maximum absolute atomic E-state index is 6.05. The Hall–Kier alpha value is -0.970. The number of hydrogen-bond donors (Lipinski definition) is 1. The summed E-state index contributed by atoms with van der Waals surface area (Å²) in [7, 11) is 0. The molecule has 16 heavy (non-hydrogen) atoms. The molecule has 2 N–H and O–H groups in total. The number of aromatic nitrogens is 1. The summed E-state index contributed by atoms with van der Waals surface area (Å²) in [6.45, 7) is 5.08. The number of pyridine rings is 1. The average Bonchev–Trinajstić information content (AvgIpc) is 2.30. The number of ether oxygens (including phenoxy) is 2. The van der Waals surface area contributed by atoms with Crippen LogP contribution in [-0.4, -0.2) is 30.5 Å². The summed E-state index contributed by atoms with van der Waals surface area (Å²) in [5.74, 6) is 0. The molecule has 0 fully saturated rings. The Bertz CT molecular complexity index is 274. The van der Waals surface area contributed by atoms with E-state index in [1.165, 1.54) is 0 Å². The van der Waals surface area contributed by atoms with Crippen molar-refractivity contribution in [1.82, 2.24) is 4.98 Å². The first kappa shape index (κ1) is 13.1. The maximum atomic E-state index is 6.05. The molecule has 0 aliphatic rings. The lowest BCUT2D eigenvalue weighted by Crippen LogP contribution is -2.40. The van der Waals surface area contributed by atoms with Crippen molar-refractivity contribution < 1.29 is 9.47 Å². The molecular weight excluding hydrogens is 204 g/mol. The lowest BCUT2D eigenvalue weighted by molar-refractivity contribution is -0.148. The molecule has 0 aliphatic carbocycles. The highest BCUT2D eigenvalue weighted by molar-refractivity contribution is 5.11. The van der Waals surface area contributed by atoms with E-state index in [-0.39, 0.29) is 12.3 Å². The third-order valence-electron chi connectivity index (χ3n) is 2.23. The van der Waals surface area contributed by atoms with Gasteiger partial charge in [0.1, 0.15) is 0 Å². The van der Waals surface area contributed by atoms with Crippen LogP contribution in [0.5, 0.6) is 0 Å². The van der Waals surface area contributed by atoms with E-state index < -0.39 is 0 Å². The number of rotatable bonds is 7. The van der Waals surface area contributed by atoms with E-state index in [1.54, 1.807) is 12.4 Å². The van der Waals surface area contributed by atoms with E-state index in [4.69, 9.17) is 15.2 Å². The summed E-state index contributed by atoms with van der Waals surface area (Å²) in [6, 6.07) is 3.76. The van der Waals surface area contributed by atoms with Gasteiger partial charge in [0.05, 0.1) is 6.04 Å². The second-order valence-electron chi connectivity index (χ2n) is 3.50. The van der Waals surface area contributed by atoms with Crippen LogP contribution in [0.4, 0.5) is 0 Å². The van der Waals surface area contributed by atoms with Crippen molar-refractivity contribution in [3.05, 3.63) is 30.1 Å². The second-order valence-corrected chi connectivity index (χ2v) is 3.50. The first-order chi connectivity index (χ1) is 7.77. The predicted octanol–water partition coefficient (Wildman–Crippen LogP) is 1.35. The minimum Gasteiger partial charge on any atom is -0.351 e. The van der Waals surface area contributed by atoms with Crippen molar-refractivity contribution >= 4 is 0 Å². The van der Waals surface area contributed by atoms with E-state index in [2.05, 4.69) is 4.98 Å². The number of nitrogens with zero attached hydrogens (tertiary/aromatic N) is 1. The minimum atomic E-state index is -0.330. The molecule has 0 bridgehead atoms. The van der Waals surface area contributed by atoms with Gasteiger partial charge in [0.25, 0.3) is 0 Å². The molecule has 0 aromatic carbocycles. The third-order valence-corrected chi connectivity index (χ3v) is 2.23. The Kier molecular flexibility index (Phi) is 6.00. The molecule has 1 heterocycles. The second kappa shape index (κ2) is 7.33. The van der Waals surface area contributed by atoms with Crippen molar-refractivity contribution in [2.45, 2.75) is 32.6 Å². The van der Waals surface area contributed by atoms with Crippen molar-refractivity contribution in [3.63, 3.8) is 0 Å². The molecule has 0 saturated carbocycles. The van der Waals surface area contributed by atoms with Crippen LogP contribution in [0.15, 0.2) is 24.5 Å². The lowest BCUT2D eigenvalue weighted by Gasteiger charge is -2.23. The standard InChI is InChI=1S/C12H20N2O2/c1-3-15-12(16-4-2)11(13)9-10-5-7-14-8-6-10/h5-8,11-12H,3-4,9,13H2,1-2H3. The summed E-state index contributed by atoms with van der Waals surface area (Å²) in [4.78, 5) is 3.97. The molecule has 0 aliphatic heterocycles. The SMILES string of the molecule is CCOC(OCC)C(N)Cc1ccncc1. The monoisotopic (exact) mass is 224 g/mol. The van der Waals surface area contributed by atoms with Gasteiger partial charge in [-0.15, -0.1) is 0 Å². The quantitative estimate of drug-likeness (QED) is 0.710. The molecule has 0 radical (unpaired) electrons. The topological polar surface area (TPSA) is 57.4 Å². The van der Waals surface area contributed by atoms with E-state index in [0.717, 1.165) is 12.0 Å². The van der Waals surface area contributed by atoms with Gasteiger partial charge in [-0.2, -0.15) is 0 Å². The molecule has 1 rings (SSSR count). The van der Waals surface area contributed by atoms with Gasteiger partial charge in [-0.05, 0) is 38.0 Å². The molecule has 0 amide bonds. The van der Waals surface area contributed by atoms with Crippen LogP contribution in [0.3, 0.4) is 0 Å². The average molecular weight is 224 g/mol. The molecule has 1 atom stereocenters. The molecule has 90 valence electrons. The number of hydrogen-bond acceptors (Lipinski definition) is 4. The summed E-state index contributed by atoms with van der Waals surface area (Å²) in [5.41, 5.74) is 7.20. The van der Waals surface area contributed by atoms with Gasteiger partial charge in [-0.3, -0.25) is 4.98 Å². The Morgan fingerprint density at radius 2 is 1.75 bits per heavy atom. The van der Waals surface area contributed by atoms with Crippen LogP contribution < -0.4 is 5.73 Å². The summed E-state index contributed by atoms with van der Waals surface area (Å²) >= 11 is 0. The fourth-order valence-corrected chi connectivity index (χ4v) is 1.51. The Labute approximate surface area is 96.8 Å². The van der Waals surface area contributed by atoms with Gasteiger partial charge in [0, 0.05) is 25.6 Å². The largest absolute Gasteiger partial charge is 0.351 e. The third kappa shape index (κ3) is 4.26. The zero-order valence-electron chi connectivity index (χ0n) is 9.93. The predicted molar refractivity (Wildman–Crippen MR) is 63.0 cm³/mol. The van der Waals surface area contributed by atoms with Crippen LogP contribution in [0, 0.1) is 0 Å². The van der Waals surface area contributed by atoms with E-state index in [1.807, 2.05) is 26.0 Å². The van der Waals surface area contributed by atoms with Gasteiger partial charge < -0.3 is 15.2 Å². The Balaban J connectivity index is 2.51. The maximum Gasteiger partial charge on any atom is 0.172 e. The Morgan fingerprint density at radius 1 is 1.19 bits per heavy atom. The summed E-state index contributed by atoms with van der Waals surface area (Å²) < 4.78 is 10.9. The molecule has 1 aromatic rings. The summed E-state index contributed by atoms with van der Waals surface area (Å²) in [6.07, 6.45) is 3.92. The van der Waals surface area contributed by atoms with Crippen LogP contribution in [0.2, 0.25) is 0 Å². The van der Waals surface area contributed by atoms with Crippen LogP contribution >= 0.6 is 0 Å². The molecule has 4 nitrogen and oxygen atoms in total. The van der Waals surface area contributed by atoms with Crippen LogP contribution in [0.25, 0.3) is 0 Å².